The highest BCUT2D eigenvalue weighted by molar-refractivity contribution is 9.09. The number of hydrogen-bond donors (Lipinski definition) is 2. The Morgan fingerprint density at radius 2 is 1.77 bits per heavy atom. The fourth-order valence-electron chi connectivity index (χ4n) is 2.88. The zero-order valence-electron chi connectivity index (χ0n) is 16.6. The number of ether oxygens (including phenoxy) is 1. The largest absolute Gasteiger partial charge is 0.495 e. The van der Waals surface area contributed by atoms with Crippen molar-refractivity contribution in [2.24, 2.45) is 0 Å². The smallest absolute Gasteiger partial charge is 0.269 e. The second-order valence-electron chi connectivity index (χ2n) is 6.30. The number of alkyl halides is 1. The van der Waals surface area contributed by atoms with Gasteiger partial charge in [0, 0.05) is 39.5 Å². The average molecular weight is 502 g/mol. The third-order valence-electron chi connectivity index (χ3n) is 4.29. The van der Waals surface area contributed by atoms with Crippen LogP contribution in [-0.4, -0.2) is 29.8 Å². The number of para-hydroxylation sites is 2. The van der Waals surface area contributed by atoms with Crippen LogP contribution in [0, 0.1) is 10.1 Å². The summed E-state index contributed by atoms with van der Waals surface area (Å²) in [6.45, 7) is 0.639. The number of nitrogens with one attached hydrogen (secondary N) is 2. The molecule has 0 atom stereocenters. The normalized spacial score (nSPS) is 10.4. The van der Waals surface area contributed by atoms with E-state index in [1.165, 1.54) is 23.9 Å². The monoisotopic (exact) mass is 501 g/mol. The quantitative estimate of drug-likeness (QED) is 0.218. The summed E-state index contributed by atoms with van der Waals surface area (Å²) >= 11 is 4.76. The summed E-state index contributed by atoms with van der Waals surface area (Å²) in [5, 5.41) is 17.8. The lowest BCUT2D eigenvalue weighted by molar-refractivity contribution is -0.384. The molecule has 160 valence electrons. The summed E-state index contributed by atoms with van der Waals surface area (Å²) in [7, 11) is 1.55. The van der Waals surface area contributed by atoms with Crippen molar-refractivity contribution >= 4 is 50.7 Å². The highest BCUT2D eigenvalue weighted by Crippen LogP contribution is 2.36. The molecular formula is C22H20BrN3O4S. The van der Waals surface area contributed by atoms with E-state index in [4.69, 9.17) is 4.74 Å². The van der Waals surface area contributed by atoms with Crippen molar-refractivity contribution in [3.8, 4) is 5.75 Å². The average Bonchev–Trinajstić information content (AvgIpc) is 2.78. The van der Waals surface area contributed by atoms with Crippen molar-refractivity contribution in [1.29, 1.82) is 0 Å². The molecule has 0 fully saturated rings. The van der Waals surface area contributed by atoms with Crippen molar-refractivity contribution in [2.75, 3.05) is 29.6 Å². The van der Waals surface area contributed by atoms with Gasteiger partial charge in [-0.3, -0.25) is 14.9 Å². The maximum atomic E-state index is 13.3. The number of rotatable bonds is 9. The van der Waals surface area contributed by atoms with Crippen molar-refractivity contribution in [3.63, 3.8) is 0 Å². The fraction of sp³-hybridized carbons (Fsp3) is 0.136. The summed E-state index contributed by atoms with van der Waals surface area (Å²) in [5.74, 6) is 0.276. The van der Waals surface area contributed by atoms with Crippen molar-refractivity contribution in [2.45, 2.75) is 9.79 Å². The van der Waals surface area contributed by atoms with Crippen LogP contribution in [0.15, 0.2) is 76.5 Å². The molecule has 3 aromatic carbocycles. The second-order valence-corrected chi connectivity index (χ2v) is 8.21. The molecule has 0 aliphatic heterocycles. The van der Waals surface area contributed by atoms with Gasteiger partial charge in [-0.2, -0.15) is 0 Å². The van der Waals surface area contributed by atoms with Gasteiger partial charge in [0.05, 0.1) is 23.3 Å². The molecule has 31 heavy (non-hydrogen) atoms. The highest BCUT2D eigenvalue weighted by atomic mass is 79.9. The predicted molar refractivity (Wildman–Crippen MR) is 127 cm³/mol. The Bertz CT molecular complexity index is 1080. The maximum Gasteiger partial charge on any atom is 0.269 e. The first kappa shape index (κ1) is 22.6. The zero-order chi connectivity index (χ0) is 22.2. The summed E-state index contributed by atoms with van der Waals surface area (Å²) in [5.41, 5.74) is 1.76. The van der Waals surface area contributed by atoms with E-state index in [9.17, 15) is 14.9 Å². The van der Waals surface area contributed by atoms with Crippen LogP contribution >= 0.6 is 27.7 Å². The molecule has 3 rings (SSSR count). The van der Waals surface area contributed by atoms with E-state index < -0.39 is 4.92 Å². The number of non-ortho nitro benzene ring substituents is 1. The van der Waals surface area contributed by atoms with Gasteiger partial charge >= 0.3 is 0 Å². The number of methoxy groups -OCH3 is 1. The van der Waals surface area contributed by atoms with E-state index in [1.807, 2.05) is 30.3 Å². The van der Waals surface area contributed by atoms with Crippen molar-refractivity contribution in [3.05, 3.63) is 82.4 Å². The van der Waals surface area contributed by atoms with Crippen LogP contribution in [0.2, 0.25) is 0 Å². The Labute approximate surface area is 192 Å². The number of nitro groups is 1. The van der Waals surface area contributed by atoms with Crippen LogP contribution in [0.1, 0.15) is 10.4 Å². The predicted octanol–water partition coefficient (Wildman–Crippen LogP) is 5.81. The van der Waals surface area contributed by atoms with Gasteiger partial charge in [0.2, 0.25) is 0 Å². The van der Waals surface area contributed by atoms with E-state index in [-0.39, 0.29) is 11.6 Å². The Morgan fingerprint density at radius 1 is 1.06 bits per heavy atom. The van der Waals surface area contributed by atoms with Crippen LogP contribution in [0.4, 0.5) is 17.1 Å². The second kappa shape index (κ2) is 10.8. The number of nitro benzene ring substituents is 1. The first-order valence-electron chi connectivity index (χ1n) is 9.33. The van der Waals surface area contributed by atoms with Gasteiger partial charge < -0.3 is 15.4 Å². The van der Waals surface area contributed by atoms with E-state index in [0.29, 0.717) is 29.2 Å². The van der Waals surface area contributed by atoms with Crippen LogP contribution in [-0.2, 0) is 0 Å². The number of benzene rings is 3. The standard InChI is InChI=1S/C22H20BrN3O4S/c1-30-19-7-3-2-5-17(19)25-22(27)21-18(24-14-13-23)6-4-8-20(21)31-16-11-9-15(10-12-16)26(28)29/h2-12,24H,13-14H2,1H3,(H,25,27). The lowest BCUT2D eigenvalue weighted by Gasteiger charge is -2.16. The summed E-state index contributed by atoms with van der Waals surface area (Å²) < 4.78 is 5.34. The molecule has 9 heteroatoms. The zero-order valence-corrected chi connectivity index (χ0v) is 19.0. The molecule has 1 amide bonds. The lowest BCUT2D eigenvalue weighted by atomic mass is 10.1. The molecule has 0 spiro atoms. The Hall–Kier alpha value is -3.04. The number of carbonyl (C=O) groups is 1. The van der Waals surface area contributed by atoms with E-state index in [2.05, 4.69) is 26.6 Å². The van der Waals surface area contributed by atoms with Gasteiger partial charge in [0.1, 0.15) is 5.75 Å². The number of nitrogens with zero attached hydrogens (tertiary/aromatic N) is 1. The van der Waals surface area contributed by atoms with Gasteiger partial charge in [-0.15, -0.1) is 0 Å². The number of hydrogen-bond acceptors (Lipinski definition) is 6. The van der Waals surface area contributed by atoms with Gasteiger partial charge in [-0.1, -0.05) is 45.9 Å². The molecule has 0 bridgehead atoms. The topological polar surface area (TPSA) is 93.5 Å². The molecule has 0 heterocycles. The maximum absolute atomic E-state index is 13.3. The van der Waals surface area contributed by atoms with E-state index in [0.717, 1.165) is 15.1 Å². The molecule has 0 aliphatic carbocycles. The lowest BCUT2D eigenvalue weighted by Crippen LogP contribution is -2.17. The molecule has 0 saturated heterocycles. The first-order valence-corrected chi connectivity index (χ1v) is 11.3. The number of anilines is 2. The van der Waals surface area contributed by atoms with Gasteiger partial charge in [-0.25, -0.2) is 0 Å². The Morgan fingerprint density at radius 3 is 2.45 bits per heavy atom. The molecule has 0 aromatic heterocycles. The number of halogens is 1. The molecule has 0 radical (unpaired) electrons. The van der Waals surface area contributed by atoms with Crippen LogP contribution in [0.25, 0.3) is 0 Å². The van der Waals surface area contributed by atoms with Gasteiger partial charge in [0.25, 0.3) is 11.6 Å². The molecule has 0 unspecified atom stereocenters. The van der Waals surface area contributed by atoms with E-state index in [1.54, 1.807) is 31.4 Å². The van der Waals surface area contributed by atoms with Crippen molar-refractivity contribution in [1.82, 2.24) is 0 Å². The minimum atomic E-state index is -0.439. The molecular weight excluding hydrogens is 482 g/mol. The van der Waals surface area contributed by atoms with Gasteiger partial charge in [-0.05, 0) is 36.4 Å². The molecule has 0 aliphatic rings. The van der Waals surface area contributed by atoms with Crippen LogP contribution in [0.3, 0.4) is 0 Å². The minimum absolute atomic E-state index is 0.0197. The fourth-order valence-corrected chi connectivity index (χ4v) is 4.05. The first-order chi connectivity index (χ1) is 15.0. The summed E-state index contributed by atoms with van der Waals surface area (Å²) in [6, 6.07) is 19.0. The van der Waals surface area contributed by atoms with Crippen molar-refractivity contribution < 1.29 is 14.5 Å². The molecule has 0 saturated carbocycles. The molecule has 7 nitrogen and oxygen atoms in total. The Kier molecular flexibility index (Phi) is 7.91. The Balaban J connectivity index is 1.95. The summed E-state index contributed by atoms with van der Waals surface area (Å²) in [4.78, 5) is 25.3. The van der Waals surface area contributed by atoms with Crippen LogP contribution < -0.4 is 15.4 Å². The van der Waals surface area contributed by atoms with E-state index >= 15 is 0 Å². The molecule has 3 aromatic rings. The SMILES string of the molecule is COc1ccccc1NC(=O)c1c(NCCBr)cccc1Sc1ccc([N+](=O)[O-])cc1. The number of carbonyl (C=O) groups excluding carboxylic acids is 1. The third-order valence-corrected chi connectivity index (χ3v) is 5.76. The van der Waals surface area contributed by atoms with Crippen LogP contribution in [0.5, 0.6) is 5.75 Å². The number of amides is 1. The third kappa shape index (κ3) is 5.77. The highest BCUT2D eigenvalue weighted by Gasteiger charge is 2.19. The molecule has 2 N–H and O–H groups in total. The summed E-state index contributed by atoms with van der Waals surface area (Å²) in [6.07, 6.45) is 0. The minimum Gasteiger partial charge on any atom is -0.495 e. The van der Waals surface area contributed by atoms with Gasteiger partial charge in [0.15, 0.2) is 0 Å².